The molecule has 0 aliphatic rings. The summed E-state index contributed by atoms with van der Waals surface area (Å²) in [5.74, 6) is 0. The van der Waals surface area contributed by atoms with Crippen molar-refractivity contribution in [3.63, 3.8) is 0 Å². The highest BCUT2D eigenvalue weighted by atomic mass is 16.5. The maximum Gasteiger partial charge on any atom is 0.0560 e. The van der Waals surface area contributed by atoms with Crippen molar-refractivity contribution in [2.24, 2.45) is 0 Å². The van der Waals surface area contributed by atoms with Crippen molar-refractivity contribution in [1.29, 1.82) is 0 Å². The molecule has 0 fully saturated rings. The Bertz CT molecular complexity index is 243. The number of rotatable bonds is 7. The molecule has 0 saturated heterocycles. The lowest BCUT2D eigenvalue weighted by Gasteiger charge is -2.21. The quantitative estimate of drug-likeness (QED) is 0.598. The van der Waals surface area contributed by atoms with Crippen molar-refractivity contribution >= 4 is 0 Å². The Balaban J connectivity index is 3.94. The van der Waals surface area contributed by atoms with Gasteiger partial charge in [0.15, 0.2) is 0 Å². The molecule has 0 rings (SSSR count). The average molecular weight is 209 g/mol. The van der Waals surface area contributed by atoms with Gasteiger partial charge in [0.2, 0.25) is 0 Å². The van der Waals surface area contributed by atoms with Crippen LogP contribution < -0.4 is 0 Å². The fourth-order valence-electron chi connectivity index (χ4n) is 1.00. The summed E-state index contributed by atoms with van der Waals surface area (Å²) in [5.41, 5.74) is 2.04. The predicted octanol–water partition coefficient (Wildman–Crippen LogP) is 2.99. The third-order valence-electron chi connectivity index (χ3n) is 2.32. The average Bonchev–Trinajstić information content (AvgIpc) is 2.21. The molecular weight excluding hydrogens is 186 g/mol. The van der Waals surface area contributed by atoms with Gasteiger partial charge in [-0.1, -0.05) is 24.8 Å². The van der Waals surface area contributed by atoms with Gasteiger partial charge in [0, 0.05) is 26.4 Å². The zero-order valence-corrected chi connectivity index (χ0v) is 10.4. The summed E-state index contributed by atoms with van der Waals surface area (Å²) < 4.78 is 5.19. The van der Waals surface area contributed by atoms with Gasteiger partial charge in [-0.3, -0.25) is 0 Å². The van der Waals surface area contributed by atoms with Gasteiger partial charge >= 0.3 is 0 Å². The Kier molecular flexibility index (Phi) is 6.80. The van der Waals surface area contributed by atoms with E-state index >= 15 is 0 Å². The first kappa shape index (κ1) is 14.0. The first-order valence-electron chi connectivity index (χ1n) is 5.23. The topological polar surface area (TPSA) is 12.5 Å². The Morgan fingerprint density at radius 2 is 2.00 bits per heavy atom. The van der Waals surface area contributed by atoms with Crippen molar-refractivity contribution in [2.75, 3.05) is 20.7 Å². The van der Waals surface area contributed by atoms with E-state index in [9.17, 15) is 0 Å². The van der Waals surface area contributed by atoms with Crippen LogP contribution in [0.2, 0.25) is 0 Å². The molecule has 0 radical (unpaired) electrons. The fraction of sp³-hybridized carbons (Fsp3) is 0.538. The largest absolute Gasteiger partial charge is 0.382 e. The van der Waals surface area contributed by atoms with Crippen molar-refractivity contribution in [1.82, 2.24) is 4.90 Å². The molecule has 0 N–H and O–H groups in total. The molecule has 0 aromatic heterocycles. The van der Waals surface area contributed by atoms with Crippen LogP contribution in [0.5, 0.6) is 0 Å². The number of ether oxygens (including phenoxy) is 1. The van der Waals surface area contributed by atoms with Gasteiger partial charge in [-0.2, -0.15) is 0 Å². The minimum Gasteiger partial charge on any atom is -0.382 e. The number of nitrogens with zero attached hydrogens (tertiary/aromatic N) is 1. The fourth-order valence-corrected chi connectivity index (χ4v) is 1.00. The normalized spacial score (nSPS) is 12.8. The number of likely N-dealkylation sites (N-methyl/N-ethyl adjacent to an activating group) is 1. The van der Waals surface area contributed by atoms with Crippen LogP contribution in [0.3, 0.4) is 0 Å². The van der Waals surface area contributed by atoms with Crippen molar-refractivity contribution in [3.05, 3.63) is 36.6 Å². The molecule has 0 heterocycles. The lowest BCUT2D eigenvalue weighted by Crippen LogP contribution is -2.21. The van der Waals surface area contributed by atoms with Crippen LogP contribution >= 0.6 is 0 Å². The third-order valence-corrected chi connectivity index (χ3v) is 2.32. The summed E-state index contributed by atoms with van der Waals surface area (Å²) in [6, 6.07) is 0. The van der Waals surface area contributed by atoms with Gasteiger partial charge < -0.3 is 9.64 Å². The monoisotopic (exact) mass is 209 g/mol. The first-order valence-corrected chi connectivity index (χ1v) is 5.23. The molecule has 1 atom stereocenters. The minimum absolute atomic E-state index is 0.297. The van der Waals surface area contributed by atoms with Crippen LogP contribution in [0, 0.1) is 0 Å². The zero-order valence-electron chi connectivity index (χ0n) is 10.4. The van der Waals surface area contributed by atoms with E-state index in [1.807, 2.05) is 26.1 Å². The van der Waals surface area contributed by atoms with E-state index in [1.165, 1.54) is 0 Å². The standard InChI is InChI=1S/C13H23NO/c1-11(2)7-8-12(3)14(5)10-9-13(4)15-6/h7-8,13H,1,3,9-10H2,2,4-6H3/b8-7-. The highest BCUT2D eigenvalue weighted by Gasteiger charge is 2.03. The van der Waals surface area contributed by atoms with E-state index in [0.29, 0.717) is 6.10 Å². The molecule has 0 saturated carbocycles. The summed E-state index contributed by atoms with van der Waals surface area (Å²) >= 11 is 0. The summed E-state index contributed by atoms with van der Waals surface area (Å²) in [7, 11) is 3.77. The Morgan fingerprint density at radius 1 is 1.40 bits per heavy atom. The van der Waals surface area contributed by atoms with Crippen molar-refractivity contribution in [3.8, 4) is 0 Å². The predicted molar refractivity (Wildman–Crippen MR) is 66.8 cm³/mol. The van der Waals surface area contributed by atoms with Crippen LogP contribution in [0.15, 0.2) is 36.6 Å². The second-order valence-corrected chi connectivity index (χ2v) is 3.93. The molecule has 0 aromatic rings. The van der Waals surface area contributed by atoms with E-state index in [-0.39, 0.29) is 0 Å². The summed E-state index contributed by atoms with van der Waals surface area (Å²) in [6.45, 7) is 12.8. The van der Waals surface area contributed by atoms with E-state index in [2.05, 4.69) is 25.0 Å². The van der Waals surface area contributed by atoms with E-state index in [4.69, 9.17) is 4.74 Å². The van der Waals surface area contributed by atoms with Gasteiger partial charge in [-0.25, -0.2) is 0 Å². The highest BCUT2D eigenvalue weighted by molar-refractivity contribution is 5.21. The van der Waals surface area contributed by atoms with E-state index < -0.39 is 0 Å². The number of hydrogen-bond donors (Lipinski definition) is 0. The van der Waals surface area contributed by atoms with Crippen molar-refractivity contribution in [2.45, 2.75) is 26.4 Å². The van der Waals surface area contributed by atoms with E-state index in [0.717, 1.165) is 24.2 Å². The molecule has 2 nitrogen and oxygen atoms in total. The smallest absolute Gasteiger partial charge is 0.0560 e. The Morgan fingerprint density at radius 3 is 2.47 bits per heavy atom. The lowest BCUT2D eigenvalue weighted by atomic mass is 10.2. The Hall–Kier alpha value is -1.02. The summed E-state index contributed by atoms with van der Waals surface area (Å²) in [6.07, 6.45) is 5.26. The van der Waals surface area contributed by atoms with Crippen LogP contribution in [0.4, 0.5) is 0 Å². The van der Waals surface area contributed by atoms with Crippen LogP contribution in [0.25, 0.3) is 0 Å². The molecule has 2 heteroatoms. The molecule has 0 aliphatic heterocycles. The third kappa shape index (κ3) is 6.97. The molecule has 86 valence electrons. The van der Waals surface area contributed by atoms with Crippen LogP contribution in [-0.2, 0) is 4.74 Å². The van der Waals surface area contributed by atoms with Gasteiger partial charge in [0.25, 0.3) is 0 Å². The molecule has 0 aliphatic carbocycles. The Labute approximate surface area is 93.9 Å². The maximum absolute atomic E-state index is 5.19. The van der Waals surface area contributed by atoms with Crippen LogP contribution in [-0.4, -0.2) is 31.7 Å². The lowest BCUT2D eigenvalue weighted by molar-refractivity contribution is 0.104. The molecule has 15 heavy (non-hydrogen) atoms. The molecule has 0 aromatic carbocycles. The summed E-state index contributed by atoms with van der Waals surface area (Å²) in [5, 5.41) is 0. The molecule has 0 bridgehead atoms. The van der Waals surface area contributed by atoms with E-state index in [1.54, 1.807) is 7.11 Å². The van der Waals surface area contributed by atoms with Gasteiger partial charge in [0.05, 0.1) is 6.10 Å². The molecule has 1 unspecified atom stereocenters. The number of allylic oxidation sites excluding steroid dienone is 3. The SMILES string of the molecule is C=C(C)/C=C\C(=C)N(C)CCC(C)OC. The first-order chi connectivity index (χ1) is 6.97. The molecule has 0 amide bonds. The maximum atomic E-state index is 5.19. The second-order valence-electron chi connectivity index (χ2n) is 3.93. The second kappa shape index (κ2) is 7.30. The van der Waals surface area contributed by atoms with Gasteiger partial charge in [-0.05, 0) is 26.3 Å². The van der Waals surface area contributed by atoms with Crippen LogP contribution in [0.1, 0.15) is 20.3 Å². The number of hydrogen-bond acceptors (Lipinski definition) is 2. The highest BCUT2D eigenvalue weighted by Crippen LogP contribution is 2.05. The molecular formula is C13H23NO. The zero-order chi connectivity index (χ0) is 11.8. The number of methoxy groups -OCH3 is 1. The van der Waals surface area contributed by atoms with Gasteiger partial charge in [-0.15, -0.1) is 0 Å². The molecule has 0 spiro atoms. The van der Waals surface area contributed by atoms with Gasteiger partial charge in [0.1, 0.15) is 0 Å². The summed E-state index contributed by atoms with van der Waals surface area (Å²) in [4.78, 5) is 2.12. The van der Waals surface area contributed by atoms with Crippen molar-refractivity contribution < 1.29 is 4.74 Å². The minimum atomic E-state index is 0.297.